The molecule has 2 heterocycles. The van der Waals surface area contributed by atoms with E-state index in [1.165, 1.54) is 47.9 Å². The molecule has 0 bridgehead atoms. The number of aromatic nitrogens is 1. The monoisotopic (exact) mass is 284 g/mol. The summed E-state index contributed by atoms with van der Waals surface area (Å²) >= 11 is 6.29. The maximum atomic E-state index is 4.82. The van der Waals surface area contributed by atoms with Crippen molar-refractivity contribution in [3.8, 4) is 0 Å². The van der Waals surface area contributed by atoms with Gasteiger partial charge in [-0.25, -0.2) is 4.98 Å². The van der Waals surface area contributed by atoms with Gasteiger partial charge in [-0.15, -0.1) is 11.3 Å². The summed E-state index contributed by atoms with van der Waals surface area (Å²) in [5.74, 6) is 1.68. The van der Waals surface area contributed by atoms with Gasteiger partial charge in [-0.3, -0.25) is 4.90 Å². The number of hydrogen-bond donors (Lipinski definition) is 1. The van der Waals surface area contributed by atoms with Gasteiger partial charge in [0.25, 0.3) is 0 Å². The third kappa shape index (κ3) is 3.72. The number of thiol groups is 1. The fourth-order valence-electron chi connectivity index (χ4n) is 2.68. The van der Waals surface area contributed by atoms with E-state index < -0.39 is 0 Å². The van der Waals surface area contributed by atoms with Crippen LogP contribution < -0.4 is 0 Å². The van der Waals surface area contributed by atoms with E-state index >= 15 is 0 Å². The summed E-state index contributed by atoms with van der Waals surface area (Å²) in [6.07, 6.45) is 5.00. The Balaban J connectivity index is 2.00. The number of thiazole rings is 1. The molecule has 0 aromatic carbocycles. The maximum absolute atomic E-state index is 4.82. The zero-order chi connectivity index (χ0) is 13.0. The molecule has 1 atom stereocenters. The summed E-state index contributed by atoms with van der Waals surface area (Å²) in [6.45, 7) is 8.09. The van der Waals surface area contributed by atoms with E-state index in [9.17, 15) is 0 Å². The predicted molar refractivity (Wildman–Crippen MR) is 82.5 cm³/mol. The summed E-state index contributed by atoms with van der Waals surface area (Å²) in [7, 11) is 0. The van der Waals surface area contributed by atoms with Crippen LogP contribution in [0.1, 0.15) is 48.7 Å². The van der Waals surface area contributed by atoms with Crippen molar-refractivity contribution in [2.24, 2.45) is 5.92 Å². The average molecular weight is 284 g/mol. The van der Waals surface area contributed by atoms with Gasteiger partial charge in [-0.1, -0.05) is 20.3 Å². The minimum absolute atomic E-state index is 0.837. The van der Waals surface area contributed by atoms with Gasteiger partial charge < -0.3 is 0 Å². The molecule has 0 saturated carbocycles. The van der Waals surface area contributed by atoms with Gasteiger partial charge in [0.1, 0.15) is 5.01 Å². The van der Waals surface area contributed by atoms with E-state index in [1.807, 2.05) is 11.3 Å². The van der Waals surface area contributed by atoms with E-state index in [1.54, 1.807) is 0 Å². The summed E-state index contributed by atoms with van der Waals surface area (Å²) in [5, 5.41) is 1.29. The molecule has 1 aliphatic rings. The molecule has 0 aliphatic carbocycles. The Morgan fingerprint density at radius 3 is 3.00 bits per heavy atom. The summed E-state index contributed by atoms with van der Waals surface area (Å²) in [6, 6.07) is 0. The average Bonchev–Trinajstić information content (AvgIpc) is 2.72. The van der Waals surface area contributed by atoms with Crippen molar-refractivity contribution in [2.45, 2.75) is 51.8 Å². The first-order valence-corrected chi connectivity index (χ1v) is 8.48. The largest absolute Gasteiger partial charge is 0.296 e. The Morgan fingerprint density at radius 1 is 1.50 bits per heavy atom. The molecule has 1 saturated heterocycles. The van der Waals surface area contributed by atoms with Gasteiger partial charge in [-0.2, -0.15) is 12.6 Å². The van der Waals surface area contributed by atoms with E-state index in [4.69, 9.17) is 4.98 Å². The van der Waals surface area contributed by atoms with Gasteiger partial charge in [0, 0.05) is 17.2 Å². The third-order valence-corrected chi connectivity index (χ3v) is 5.17. The van der Waals surface area contributed by atoms with Crippen molar-refractivity contribution in [2.75, 3.05) is 13.1 Å². The van der Waals surface area contributed by atoms with Crippen LogP contribution in [0, 0.1) is 5.92 Å². The summed E-state index contributed by atoms with van der Waals surface area (Å²) in [5.41, 5.74) is 1.29. The lowest BCUT2D eigenvalue weighted by atomic mass is 10.0. The van der Waals surface area contributed by atoms with Crippen LogP contribution in [-0.2, 0) is 18.7 Å². The second-order valence-electron chi connectivity index (χ2n) is 5.37. The molecule has 18 heavy (non-hydrogen) atoms. The van der Waals surface area contributed by atoms with Crippen molar-refractivity contribution < 1.29 is 0 Å². The number of nitrogens with zero attached hydrogens (tertiary/aromatic N) is 2. The number of aryl methyl sites for hydroxylation is 1. The lowest BCUT2D eigenvalue weighted by Crippen LogP contribution is -2.33. The fourth-order valence-corrected chi connectivity index (χ4v) is 4.08. The first-order chi connectivity index (χ1) is 8.72. The first-order valence-electron chi connectivity index (χ1n) is 7.03. The minimum Gasteiger partial charge on any atom is -0.296 e. The van der Waals surface area contributed by atoms with Gasteiger partial charge in [0.15, 0.2) is 0 Å². The highest BCUT2D eigenvalue weighted by atomic mass is 32.1. The number of piperidine rings is 1. The molecular weight excluding hydrogens is 260 g/mol. The van der Waals surface area contributed by atoms with Crippen LogP contribution in [-0.4, -0.2) is 23.0 Å². The highest BCUT2D eigenvalue weighted by Crippen LogP contribution is 2.24. The van der Waals surface area contributed by atoms with E-state index in [0.717, 1.165) is 24.6 Å². The Kier molecular flexibility index (Phi) is 5.52. The van der Waals surface area contributed by atoms with Crippen LogP contribution in [0.3, 0.4) is 0 Å². The minimum atomic E-state index is 0.837. The van der Waals surface area contributed by atoms with E-state index in [0.29, 0.717) is 0 Å². The predicted octanol–water partition coefficient (Wildman–Crippen LogP) is 3.76. The van der Waals surface area contributed by atoms with Gasteiger partial charge >= 0.3 is 0 Å². The number of likely N-dealkylation sites (tertiary alicyclic amines) is 1. The molecule has 102 valence electrons. The van der Waals surface area contributed by atoms with Crippen LogP contribution in [0.4, 0.5) is 0 Å². The molecule has 1 aromatic rings. The van der Waals surface area contributed by atoms with Crippen LogP contribution in [0.25, 0.3) is 0 Å². The second kappa shape index (κ2) is 6.92. The number of hydrogen-bond acceptors (Lipinski definition) is 4. The van der Waals surface area contributed by atoms with Crippen LogP contribution in [0.15, 0.2) is 0 Å². The first kappa shape index (κ1) is 14.4. The van der Waals surface area contributed by atoms with Crippen molar-refractivity contribution in [1.82, 2.24) is 9.88 Å². The summed E-state index contributed by atoms with van der Waals surface area (Å²) in [4.78, 5) is 8.75. The molecule has 2 nitrogen and oxygen atoms in total. The SMILES string of the molecule is CCCc1nc(CN2CCCC(C)C2)sc1CS. The van der Waals surface area contributed by atoms with Gasteiger partial charge in [0.05, 0.1) is 12.2 Å². The zero-order valence-electron chi connectivity index (χ0n) is 11.5. The van der Waals surface area contributed by atoms with Crippen molar-refractivity contribution in [1.29, 1.82) is 0 Å². The molecule has 0 radical (unpaired) electrons. The lowest BCUT2D eigenvalue weighted by Gasteiger charge is -2.29. The maximum Gasteiger partial charge on any atom is 0.107 e. The Morgan fingerprint density at radius 2 is 2.33 bits per heavy atom. The Hall–Kier alpha value is -0.0600. The number of rotatable bonds is 5. The molecule has 1 aromatic heterocycles. The normalized spacial score (nSPS) is 21.4. The van der Waals surface area contributed by atoms with Crippen molar-refractivity contribution in [3.05, 3.63) is 15.6 Å². The van der Waals surface area contributed by atoms with Crippen molar-refractivity contribution >= 4 is 24.0 Å². The molecule has 0 N–H and O–H groups in total. The Bertz CT molecular complexity index is 376. The fraction of sp³-hybridized carbons (Fsp3) is 0.786. The smallest absolute Gasteiger partial charge is 0.107 e. The molecule has 1 aliphatic heterocycles. The van der Waals surface area contributed by atoms with Crippen LogP contribution in [0.2, 0.25) is 0 Å². The third-order valence-electron chi connectivity index (χ3n) is 3.55. The van der Waals surface area contributed by atoms with Crippen LogP contribution >= 0.6 is 24.0 Å². The standard InChI is InChI=1S/C14H24N2S2/c1-3-5-12-13(10-17)18-14(15-12)9-16-7-4-6-11(2)8-16/h11,17H,3-10H2,1-2H3. The van der Waals surface area contributed by atoms with E-state index in [-0.39, 0.29) is 0 Å². The zero-order valence-corrected chi connectivity index (χ0v) is 13.2. The lowest BCUT2D eigenvalue weighted by molar-refractivity contribution is 0.176. The quantitative estimate of drug-likeness (QED) is 0.829. The molecule has 4 heteroatoms. The van der Waals surface area contributed by atoms with Crippen LogP contribution in [0.5, 0.6) is 0 Å². The topological polar surface area (TPSA) is 16.1 Å². The second-order valence-corrected chi connectivity index (χ2v) is 6.85. The summed E-state index contributed by atoms with van der Waals surface area (Å²) < 4.78 is 0. The molecule has 1 fully saturated rings. The van der Waals surface area contributed by atoms with E-state index in [2.05, 4.69) is 31.4 Å². The molecule has 0 spiro atoms. The molecule has 1 unspecified atom stereocenters. The van der Waals surface area contributed by atoms with Crippen molar-refractivity contribution in [3.63, 3.8) is 0 Å². The molecular formula is C14H24N2S2. The van der Waals surface area contributed by atoms with Gasteiger partial charge in [-0.05, 0) is 31.7 Å². The highest BCUT2D eigenvalue weighted by Gasteiger charge is 2.18. The molecule has 2 rings (SSSR count). The Labute approximate surface area is 120 Å². The molecule has 0 amide bonds. The highest BCUT2D eigenvalue weighted by molar-refractivity contribution is 7.79. The van der Waals surface area contributed by atoms with Gasteiger partial charge in [0.2, 0.25) is 0 Å².